The second-order valence-electron chi connectivity index (χ2n) is 1.39. The Hall–Kier alpha value is 0.340. The van der Waals surface area contributed by atoms with Crippen molar-refractivity contribution in [2.24, 2.45) is 0 Å². The van der Waals surface area contributed by atoms with Crippen LogP contribution >= 0.6 is 35.6 Å². The summed E-state index contributed by atoms with van der Waals surface area (Å²) < 4.78 is 0. The van der Waals surface area contributed by atoms with Gasteiger partial charge in [0.2, 0.25) is 0 Å². The van der Waals surface area contributed by atoms with E-state index in [4.69, 9.17) is 11.6 Å². The van der Waals surface area contributed by atoms with Crippen LogP contribution in [0.3, 0.4) is 0 Å². The molecule has 0 aliphatic carbocycles. The lowest BCUT2D eigenvalue weighted by atomic mass is 10.5. The minimum atomic E-state index is 0.789. The molecule has 44 valence electrons. The summed E-state index contributed by atoms with van der Waals surface area (Å²) >= 11 is 11.3. The van der Waals surface area contributed by atoms with E-state index in [9.17, 15) is 0 Å². The molecule has 0 spiro atoms. The number of hydrogen-bond donors (Lipinski definition) is 1. The smallest absolute Gasteiger partial charge is 0.0516 e. The molecule has 1 aromatic heterocycles. The van der Waals surface area contributed by atoms with Crippen LogP contribution < -0.4 is 0 Å². The average Bonchev–Trinajstić information content (AvgIpc) is 2.14. The standard InChI is InChI=1S/C5H5ClS2/c6-4-1-5(2-7)8-3-4/h1,3,7H,2H2. The van der Waals surface area contributed by atoms with E-state index in [-0.39, 0.29) is 0 Å². The van der Waals surface area contributed by atoms with Crippen molar-refractivity contribution in [3.8, 4) is 0 Å². The molecule has 0 aliphatic heterocycles. The highest BCUT2D eigenvalue weighted by molar-refractivity contribution is 7.79. The molecule has 0 aliphatic rings. The first-order chi connectivity index (χ1) is 3.83. The quantitative estimate of drug-likeness (QED) is 0.607. The van der Waals surface area contributed by atoms with Crippen molar-refractivity contribution in [1.82, 2.24) is 0 Å². The van der Waals surface area contributed by atoms with Crippen molar-refractivity contribution in [1.29, 1.82) is 0 Å². The third kappa shape index (κ3) is 1.41. The molecule has 0 saturated heterocycles. The van der Waals surface area contributed by atoms with Crippen molar-refractivity contribution in [2.75, 3.05) is 0 Å². The van der Waals surface area contributed by atoms with Crippen molar-refractivity contribution in [3.63, 3.8) is 0 Å². The van der Waals surface area contributed by atoms with Crippen LogP contribution in [-0.2, 0) is 5.75 Å². The largest absolute Gasteiger partial charge is 0.174 e. The number of halogens is 1. The Morgan fingerprint density at radius 3 is 2.75 bits per heavy atom. The Kier molecular flexibility index (Phi) is 2.23. The number of thiophene rings is 1. The lowest BCUT2D eigenvalue weighted by Gasteiger charge is -1.78. The van der Waals surface area contributed by atoms with Gasteiger partial charge in [-0.3, -0.25) is 0 Å². The van der Waals surface area contributed by atoms with Gasteiger partial charge in [-0.15, -0.1) is 11.3 Å². The van der Waals surface area contributed by atoms with Gasteiger partial charge in [0.05, 0.1) is 5.02 Å². The van der Waals surface area contributed by atoms with Gasteiger partial charge in [-0.2, -0.15) is 12.6 Å². The van der Waals surface area contributed by atoms with Crippen LogP contribution in [-0.4, -0.2) is 0 Å². The normalized spacial score (nSPS) is 9.75. The van der Waals surface area contributed by atoms with E-state index in [1.54, 1.807) is 11.3 Å². The van der Waals surface area contributed by atoms with Gasteiger partial charge in [0, 0.05) is 16.0 Å². The van der Waals surface area contributed by atoms with E-state index in [1.807, 2.05) is 11.4 Å². The van der Waals surface area contributed by atoms with Gasteiger partial charge < -0.3 is 0 Å². The molecule has 0 saturated carbocycles. The predicted octanol–water partition coefficient (Wildman–Crippen LogP) is 2.83. The fraction of sp³-hybridized carbons (Fsp3) is 0.200. The maximum absolute atomic E-state index is 5.62. The minimum absolute atomic E-state index is 0.789. The highest BCUT2D eigenvalue weighted by Crippen LogP contribution is 2.19. The zero-order valence-corrected chi connectivity index (χ0v) is 6.56. The van der Waals surface area contributed by atoms with Gasteiger partial charge in [0.1, 0.15) is 0 Å². The number of thiol groups is 1. The highest BCUT2D eigenvalue weighted by atomic mass is 35.5. The van der Waals surface area contributed by atoms with Crippen LogP contribution in [0, 0.1) is 0 Å². The summed E-state index contributed by atoms with van der Waals surface area (Å²) in [6.07, 6.45) is 0. The molecule has 0 aromatic carbocycles. The fourth-order valence-corrected chi connectivity index (χ4v) is 1.68. The Balaban J connectivity index is 2.84. The van der Waals surface area contributed by atoms with Gasteiger partial charge in [0.15, 0.2) is 0 Å². The predicted molar refractivity (Wildman–Crippen MR) is 42.0 cm³/mol. The summed E-state index contributed by atoms with van der Waals surface area (Å²) in [6.45, 7) is 0. The van der Waals surface area contributed by atoms with Gasteiger partial charge in [-0.1, -0.05) is 11.6 Å². The van der Waals surface area contributed by atoms with Crippen LogP contribution in [0.5, 0.6) is 0 Å². The van der Waals surface area contributed by atoms with Crippen LogP contribution in [0.1, 0.15) is 4.88 Å². The third-order valence-electron chi connectivity index (χ3n) is 0.778. The van der Waals surface area contributed by atoms with E-state index < -0.39 is 0 Å². The maximum Gasteiger partial charge on any atom is 0.0516 e. The third-order valence-corrected chi connectivity index (χ3v) is 2.62. The van der Waals surface area contributed by atoms with Gasteiger partial charge in [-0.25, -0.2) is 0 Å². The molecular weight excluding hydrogens is 160 g/mol. The summed E-state index contributed by atoms with van der Waals surface area (Å²) in [5.41, 5.74) is 0. The van der Waals surface area contributed by atoms with Crippen LogP contribution in [0.25, 0.3) is 0 Å². The van der Waals surface area contributed by atoms with Crippen molar-refractivity contribution < 1.29 is 0 Å². The molecule has 1 rings (SSSR count). The van der Waals surface area contributed by atoms with Crippen molar-refractivity contribution in [2.45, 2.75) is 5.75 Å². The summed E-state index contributed by atoms with van der Waals surface area (Å²) in [5, 5.41) is 2.73. The van der Waals surface area contributed by atoms with E-state index in [1.165, 1.54) is 4.88 Å². The molecule has 1 heterocycles. The van der Waals surface area contributed by atoms with Crippen LogP contribution in [0.4, 0.5) is 0 Å². The Labute approximate surface area is 62.9 Å². The first-order valence-corrected chi connectivity index (χ1v) is 4.05. The van der Waals surface area contributed by atoms with E-state index in [2.05, 4.69) is 12.6 Å². The Bertz CT molecular complexity index is 171. The van der Waals surface area contributed by atoms with Gasteiger partial charge in [0.25, 0.3) is 0 Å². The molecule has 0 fully saturated rings. The summed E-state index contributed by atoms with van der Waals surface area (Å²) in [6, 6.07) is 1.93. The molecule has 1 aromatic rings. The van der Waals surface area contributed by atoms with Gasteiger partial charge in [-0.05, 0) is 6.07 Å². The molecule has 0 nitrogen and oxygen atoms in total. The molecular formula is C5H5ClS2. The van der Waals surface area contributed by atoms with Crippen LogP contribution in [0.2, 0.25) is 5.02 Å². The monoisotopic (exact) mass is 164 g/mol. The lowest BCUT2D eigenvalue weighted by molar-refractivity contribution is 1.57. The first kappa shape index (κ1) is 6.46. The summed E-state index contributed by atoms with van der Waals surface area (Å²) in [5.74, 6) is 0.789. The molecule has 0 atom stereocenters. The summed E-state index contributed by atoms with van der Waals surface area (Å²) in [4.78, 5) is 1.22. The maximum atomic E-state index is 5.62. The molecule has 0 amide bonds. The van der Waals surface area contributed by atoms with E-state index in [0.29, 0.717) is 0 Å². The number of rotatable bonds is 1. The molecule has 8 heavy (non-hydrogen) atoms. The number of hydrogen-bond acceptors (Lipinski definition) is 2. The molecule has 0 bridgehead atoms. The summed E-state index contributed by atoms with van der Waals surface area (Å²) in [7, 11) is 0. The molecule has 3 heteroatoms. The Morgan fingerprint density at radius 2 is 2.50 bits per heavy atom. The Morgan fingerprint density at radius 1 is 1.75 bits per heavy atom. The second-order valence-corrected chi connectivity index (χ2v) is 3.14. The fourth-order valence-electron chi connectivity index (χ4n) is 0.437. The first-order valence-electron chi connectivity index (χ1n) is 2.16. The van der Waals surface area contributed by atoms with E-state index >= 15 is 0 Å². The molecule has 0 unspecified atom stereocenters. The topological polar surface area (TPSA) is 0 Å². The lowest BCUT2D eigenvalue weighted by Crippen LogP contribution is -1.59. The van der Waals surface area contributed by atoms with Crippen LogP contribution in [0.15, 0.2) is 11.4 Å². The molecule has 0 radical (unpaired) electrons. The van der Waals surface area contributed by atoms with Gasteiger partial charge >= 0.3 is 0 Å². The highest BCUT2D eigenvalue weighted by Gasteiger charge is 1.91. The minimum Gasteiger partial charge on any atom is -0.174 e. The average molecular weight is 165 g/mol. The van der Waals surface area contributed by atoms with E-state index in [0.717, 1.165) is 10.8 Å². The zero-order chi connectivity index (χ0) is 5.98. The second kappa shape index (κ2) is 2.76. The van der Waals surface area contributed by atoms with Crippen molar-refractivity contribution in [3.05, 3.63) is 21.3 Å². The SMILES string of the molecule is SCc1cc(Cl)cs1. The zero-order valence-electron chi connectivity index (χ0n) is 4.10. The van der Waals surface area contributed by atoms with Crippen molar-refractivity contribution >= 4 is 35.6 Å². The molecule has 0 N–H and O–H groups in total.